The van der Waals surface area contributed by atoms with Crippen LogP contribution in [-0.4, -0.2) is 41.8 Å². The van der Waals surface area contributed by atoms with Gasteiger partial charge in [-0.05, 0) is 79.5 Å². The maximum absolute atomic E-state index is 11.7. The highest BCUT2D eigenvalue weighted by Gasteiger charge is 2.43. The van der Waals surface area contributed by atoms with Crippen LogP contribution in [0, 0.1) is 5.92 Å². The van der Waals surface area contributed by atoms with Crippen molar-refractivity contribution in [2.75, 3.05) is 30.3 Å². The highest BCUT2D eigenvalue weighted by molar-refractivity contribution is 8.00. The largest absolute Gasteiger partial charge is 0.490 e. The molecule has 1 spiro atoms. The molecule has 0 radical (unpaired) electrons. The molecule has 1 unspecified atom stereocenters. The van der Waals surface area contributed by atoms with Gasteiger partial charge in [0.2, 0.25) is 0 Å². The Kier molecular flexibility index (Phi) is 6.37. The van der Waals surface area contributed by atoms with Crippen LogP contribution < -0.4 is 9.64 Å². The standard InChI is InChI=1S/C27H30ClNO3S/c1-2-12-33-25-10-6-20(25)15-29-16-27(11-3-4-18-13-21(28)7-8-22(18)27)17-32-24-9-5-19(26(30)31)14-23(24)29/h2,5,7-9,13-14,20,25H,1,3-4,6,10-12,15-17H2,(H,30,31)/t20-,25-,27?/m1/s1. The number of carbonyl (C=O) groups is 1. The van der Waals surface area contributed by atoms with Crippen LogP contribution in [0.4, 0.5) is 5.69 Å². The first-order chi connectivity index (χ1) is 16.0. The molecular weight excluding hydrogens is 454 g/mol. The summed E-state index contributed by atoms with van der Waals surface area (Å²) < 4.78 is 6.43. The van der Waals surface area contributed by atoms with Crippen molar-refractivity contribution >= 4 is 35.0 Å². The molecule has 1 saturated carbocycles. The van der Waals surface area contributed by atoms with Crippen molar-refractivity contribution in [1.29, 1.82) is 0 Å². The smallest absolute Gasteiger partial charge is 0.335 e. The van der Waals surface area contributed by atoms with Gasteiger partial charge in [-0.15, -0.1) is 6.58 Å². The van der Waals surface area contributed by atoms with Crippen LogP contribution in [0.5, 0.6) is 5.75 Å². The van der Waals surface area contributed by atoms with Crippen molar-refractivity contribution in [2.24, 2.45) is 5.92 Å². The predicted molar refractivity (Wildman–Crippen MR) is 136 cm³/mol. The van der Waals surface area contributed by atoms with Gasteiger partial charge >= 0.3 is 5.97 Å². The predicted octanol–water partition coefficient (Wildman–Crippen LogP) is 6.21. The van der Waals surface area contributed by atoms with Crippen molar-refractivity contribution < 1.29 is 14.6 Å². The fraction of sp³-hybridized carbons (Fsp3) is 0.444. The number of carboxylic acids is 1. The summed E-state index contributed by atoms with van der Waals surface area (Å²) in [5, 5.41) is 11.0. The van der Waals surface area contributed by atoms with Gasteiger partial charge < -0.3 is 14.7 Å². The van der Waals surface area contributed by atoms with E-state index in [9.17, 15) is 9.90 Å². The zero-order valence-electron chi connectivity index (χ0n) is 18.8. The minimum Gasteiger partial charge on any atom is -0.490 e. The van der Waals surface area contributed by atoms with Crippen molar-refractivity contribution in [1.82, 2.24) is 0 Å². The summed E-state index contributed by atoms with van der Waals surface area (Å²) in [4.78, 5) is 14.2. The number of hydrogen-bond acceptors (Lipinski definition) is 4. The molecule has 5 rings (SSSR count). The van der Waals surface area contributed by atoms with Gasteiger partial charge in [0.1, 0.15) is 5.75 Å². The minimum atomic E-state index is -0.905. The molecule has 2 aliphatic carbocycles. The maximum atomic E-state index is 11.7. The highest BCUT2D eigenvalue weighted by atomic mass is 35.5. The van der Waals surface area contributed by atoms with Gasteiger partial charge in [-0.25, -0.2) is 4.79 Å². The average molecular weight is 484 g/mol. The molecule has 2 aromatic carbocycles. The van der Waals surface area contributed by atoms with E-state index in [-0.39, 0.29) is 5.41 Å². The monoisotopic (exact) mass is 483 g/mol. The van der Waals surface area contributed by atoms with Gasteiger partial charge in [-0.3, -0.25) is 0 Å². The Balaban J connectivity index is 1.52. The number of thioether (sulfide) groups is 1. The van der Waals surface area contributed by atoms with Gasteiger partial charge in [0.25, 0.3) is 0 Å². The molecule has 174 valence electrons. The van der Waals surface area contributed by atoms with Crippen LogP contribution in [0.2, 0.25) is 5.02 Å². The Morgan fingerprint density at radius 3 is 2.94 bits per heavy atom. The van der Waals surface area contributed by atoms with Gasteiger partial charge in [-0.1, -0.05) is 23.7 Å². The zero-order chi connectivity index (χ0) is 23.0. The molecule has 6 heteroatoms. The lowest BCUT2D eigenvalue weighted by Crippen LogP contribution is -2.49. The van der Waals surface area contributed by atoms with Crippen molar-refractivity contribution in [3.8, 4) is 5.75 Å². The van der Waals surface area contributed by atoms with E-state index in [0.717, 1.165) is 54.6 Å². The number of ether oxygens (including phenoxy) is 1. The summed E-state index contributed by atoms with van der Waals surface area (Å²) in [6.45, 7) is 6.21. The number of nitrogens with zero attached hydrogens (tertiary/aromatic N) is 1. The number of fused-ring (bicyclic) bond motifs is 3. The van der Waals surface area contributed by atoms with Crippen molar-refractivity contribution in [3.63, 3.8) is 0 Å². The number of aromatic carboxylic acids is 1. The topological polar surface area (TPSA) is 49.8 Å². The summed E-state index contributed by atoms with van der Waals surface area (Å²) in [6, 6.07) is 11.6. The zero-order valence-corrected chi connectivity index (χ0v) is 20.3. The Morgan fingerprint density at radius 1 is 1.30 bits per heavy atom. The number of benzene rings is 2. The van der Waals surface area contributed by atoms with E-state index in [4.69, 9.17) is 16.3 Å². The quantitative estimate of drug-likeness (QED) is 0.495. The first kappa shape index (κ1) is 22.7. The number of hydrogen-bond donors (Lipinski definition) is 1. The van der Waals surface area contributed by atoms with Crippen LogP contribution in [-0.2, 0) is 11.8 Å². The molecule has 1 aliphatic heterocycles. The molecule has 1 fully saturated rings. The molecule has 0 aromatic heterocycles. The first-order valence-electron chi connectivity index (χ1n) is 11.8. The number of anilines is 1. The third kappa shape index (κ3) is 4.38. The number of rotatable bonds is 6. The average Bonchev–Trinajstić information content (AvgIpc) is 2.94. The highest BCUT2D eigenvalue weighted by Crippen LogP contribution is 2.46. The molecule has 3 aliphatic rings. The Morgan fingerprint density at radius 2 is 2.18 bits per heavy atom. The molecule has 2 aromatic rings. The molecule has 4 nitrogen and oxygen atoms in total. The normalized spacial score (nSPS) is 25.9. The minimum absolute atomic E-state index is 0.131. The van der Waals surface area contributed by atoms with Crippen LogP contribution in [0.15, 0.2) is 49.1 Å². The number of carboxylic acid groups (broad SMARTS) is 1. The molecule has 3 atom stereocenters. The maximum Gasteiger partial charge on any atom is 0.335 e. The van der Waals surface area contributed by atoms with Crippen molar-refractivity contribution in [2.45, 2.75) is 42.8 Å². The lowest BCUT2D eigenvalue weighted by atomic mass is 9.70. The van der Waals surface area contributed by atoms with Crippen LogP contribution in [0.25, 0.3) is 0 Å². The van der Waals surface area contributed by atoms with E-state index in [2.05, 4.69) is 23.6 Å². The molecule has 0 saturated heterocycles. The van der Waals surface area contributed by atoms with Crippen LogP contribution in [0.3, 0.4) is 0 Å². The molecule has 0 amide bonds. The first-order valence-corrected chi connectivity index (χ1v) is 13.2. The summed E-state index contributed by atoms with van der Waals surface area (Å²) >= 11 is 8.32. The van der Waals surface area contributed by atoms with Crippen LogP contribution >= 0.6 is 23.4 Å². The van der Waals surface area contributed by atoms with E-state index >= 15 is 0 Å². The lowest BCUT2D eigenvalue weighted by molar-refractivity contribution is 0.0697. The van der Waals surface area contributed by atoms with Crippen LogP contribution in [0.1, 0.15) is 47.2 Å². The van der Waals surface area contributed by atoms with Crippen molar-refractivity contribution in [3.05, 3.63) is 70.8 Å². The Labute approximate surface area is 205 Å². The second-order valence-electron chi connectivity index (χ2n) is 9.59. The fourth-order valence-corrected chi connectivity index (χ4v) is 7.06. The fourth-order valence-electron chi connectivity index (χ4n) is 5.69. The second kappa shape index (κ2) is 9.27. The molecule has 33 heavy (non-hydrogen) atoms. The van der Waals surface area contributed by atoms with Gasteiger partial charge in [0.15, 0.2) is 0 Å². The van der Waals surface area contributed by atoms with E-state index in [1.807, 2.05) is 30.0 Å². The van der Waals surface area contributed by atoms with E-state index in [0.29, 0.717) is 23.3 Å². The molecule has 0 bridgehead atoms. The summed E-state index contributed by atoms with van der Waals surface area (Å²) in [5.41, 5.74) is 3.74. The summed E-state index contributed by atoms with van der Waals surface area (Å²) in [5.74, 6) is 1.44. The Hall–Kier alpha value is -2.11. The van der Waals surface area contributed by atoms with Gasteiger partial charge in [0, 0.05) is 34.5 Å². The van der Waals surface area contributed by atoms with E-state index < -0.39 is 5.97 Å². The second-order valence-corrected chi connectivity index (χ2v) is 11.3. The number of halogens is 1. The molecular formula is C27H30ClNO3S. The Bertz CT molecular complexity index is 1070. The molecule has 1 heterocycles. The molecule has 1 N–H and O–H groups in total. The van der Waals surface area contributed by atoms with E-state index in [1.165, 1.54) is 24.0 Å². The third-order valence-corrected chi connectivity index (χ3v) is 9.23. The number of aryl methyl sites for hydroxylation is 1. The van der Waals surface area contributed by atoms with Gasteiger partial charge in [0.05, 0.1) is 17.9 Å². The lowest BCUT2D eigenvalue weighted by Gasteiger charge is -2.44. The van der Waals surface area contributed by atoms with Gasteiger partial charge in [-0.2, -0.15) is 11.8 Å². The SMILES string of the molecule is C=CCS[C@@H]1CC[C@@H]1CN1CC2(CCCc3cc(Cl)ccc32)COc2ccc(C(=O)O)cc21. The van der Waals surface area contributed by atoms with E-state index in [1.54, 1.807) is 12.1 Å². The third-order valence-electron chi connectivity index (χ3n) is 7.51. The summed E-state index contributed by atoms with van der Waals surface area (Å²) in [7, 11) is 0. The summed E-state index contributed by atoms with van der Waals surface area (Å²) in [6.07, 6.45) is 7.62.